The molecule has 1 N–H and O–H groups in total. The monoisotopic (exact) mass is 349 g/mol. The molecule has 132 valence electrons. The first-order valence-corrected chi connectivity index (χ1v) is 8.22. The summed E-state index contributed by atoms with van der Waals surface area (Å²) in [6, 6.07) is 16.0. The Kier molecular flexibility index (Phi) is 4.63. The third-order valence-electron chi connectivity index (χ3n) is 4.55. The van der Waals surface area contributed by atoms with Gasteiger partial charge in [0, 0.05) is 6.42 Å². The van der Waals surface area contributed by atoms with E-state index < -0.39 is 11.6 Å². The number of ether oxygens (including phenoxy) is 1. The molecule has 1 fully saturated rings. The predicted octanol–water partition coefficient (Wildman–Crippen LogP) is 2.62. The van der Waals surface area contributed by atoms with Crippen LogP contribution in [0.5, 0.6) is 5.75 Å². The Labute approximate surface area is 152 Å². The van der Waals surface area contributed by atoms with E-state index in [1.165, 1.54) is 0 Å². The van der Waals surface area contributed by atoms with Gasteiger partial charge in [0.15, 0.2) is 0 Å². The van der Waals surface area contributed by atoms with Crippen LogP contribution >= 0.6 is 0 Å². The van der Waals surface area contributed by atoms with Gasteiger partial charge in [0.05, 0.1) is 25.3 Å². The second-order valence-corrected chi connectivity index (χ2v) is 6.41. The van der Waals surface area contributed by atoms with Crippen LogP contribution in [0.25, 0.3) is 0 Å². The number of rotatable bonds is 5. The minimum atomic E-state index is -1.06. The van der Waals surface area contributed by atoms with Crippen LogP contribution in [0.3, 0.4) is 0 Å². The summed E-state index contributed by atoms with van der Waals surface area (Å²) in [6.07, 6.45) is 0.317. The zero-order valence-electron chi connectivity index (χ0n) is 14.7. The van der Waals surface area contributed by atoms with Gasteiger partial charge in [-0.1, -0.05) is 36.4 Å². The smallest absolute Gasteiger partial charge is 0.325 e. The molecule has 6 nitrogen and oxygen atoms in total. The van der Waals surface area contributed by atoms with E-state index in [1.807, 2.05) is 24.3 Å². The van der Waals surface area contributed by atoms with Crippen molar-refractivity contribution >= 4 is 11.9 Å². The molecule has 2 aromatic rings. The van der Waals surface area contributed by atoms with Gasteiger partial charge in [0.2, 0.25) is 0 Å². The van der Waals surface area contributed by atoms with Crippen LogP contribution < -0.4 is 10.1 Å². The molecule has 0 aliphatic carbocycles. The van der Waals surface area contributed by atoms with Gasteiger partial charge in [-0.25, -0.2) is 4.79 Å². The van der Waals surface area contributed by atoms with E-state index in [1.54, 1.807) is 38.3 Å². The summed E-state index contributed by atoms with van der Waals surface area (Å²) in [6.45, 7) is 1.77. The third kappa shape index (κ3) is 3.11. The average Bonchev–Trinajstić information content (AvgIpc) is 2.85. The van der Waals surface area contributed by atoms with Gasteiger partial charge < -0.3 is 10.1 Å². The van der Waals surface area contributed by atoms with Gasteiger partial charge in [-0.3, -0.25) is 9.69 Å². The van der Waals surface area contributed by atoms with E-state index in [0.717, 1.165) is 10.5 Å². The molecule has 26 heavy (non-hydrogen) atoms. The lowest BCUT2D eigenvalue weighted by Crippen LogP contribution is -2.46. The van der Waals surface area contributed by atoms with E-state index in [4.69, 9.17) is 4.74 Å². The molecule has 3 rings (SSSR count). The molecular weight excluding hydrogens is 330 g/mol. The number of benzene rings is 2. The fraction of sp³-hybridized carbons (Fsp3) is 0.250. The first-order valence-electron chi connectivity index (χ1n) is 8.22. The van der Waals surface area contributed by atoms with Crippen molar-refractivity contribution in [1.82, 2.24) is 10.2 Å². The van der Waals surface area contributed by atoms with Crippen molar-refractivity contribution in [2.75, 3.05) is 7.11 Å². The Bertz CT molecular complexity index is 903. The van der Waals surface area contributed by atoms with Crippen LogP contribution in [-0.4, -0.2) is 29.5 Å². The van der Waals surface area contributed by atoms with Gasteiger partial charge in [-0.15, -0.1) is 0 Å². The topological polar surface area (TPSA) is 82.4 Å². The molecule has 1 aliphatic heterocycles. The van der Waals surface area contributed by atoms with Crippen LogP contribution in [0, 0.1) is 11.3 Å². The summed E-state index contributed by atoms with van der Waals surface area (Å²) < 4.78 is 5.34. The van der Waals surface area contributed by atoms with Crippen LogP contribution in [0.4, 0.5) is 4.79 Å². The zero-order chi connectivity index (χ0) is 18.7. The Morgan fingerprint density at radius 3 is 2.46 bits per heavy atom. The molecule has 2 aromatic carbocycles. The largest absolute Gasteiger partial charge is 0.496 e. The lowest BCUT2D eigenvalue weighted by Gasteiger charge is -2.23. The van der Waals surface area contributed by atoms with Gasteiger partial charge >= 0.3 is 6.03 Å². The van der Waals surface area contributed by atoms with E-state index in [0.29, 0.717) is 23.3 Å². The van der Waals surface area contributed by atoms with Crippen molar-refractivity contribution in [1.29, 1.82) is 5.26 Å². The van der Waals surface area contributed by atoms with Gasteiger partial charge in [0.1, 0.15) is 11.3 Å². The number of carbonyl (C=O) groups is 2. The van der Waals surface area contributed by atoms with E-state index >= 15 is 0 Å². The second kappa shape index (κ2) is 6.89. The number of hydrogen-bond donors (Lipinski definition) is 1. The summed E-state index contributed by atoms with van der Waals surface area (Å²) in [5, 5.41) is 12.0. The summed E-state index contributed by atoms with van der Waals surface area (Å²) in [4.78, 5) is 26.6. The summed E-state index contributed by atoms with van der Waals surface area (Å²) in [5.41, 5.74) is 0.865. The number of nitrogens with one attached hydrogen (secondary N) is 1. The van der Waals surface area contributed by atoms with Gasteiger partial charge in [0.25, 0.3) is 5.91 Å². The lowest BCUT2D eigenvalue weighted by atomic mass is 9.92. The molecular formula is C20H19N3O3. The highest BCUT2D eigenvalue weighted by atomic mass is 16.5. The number of methoxy groups -OCH3 is 1. The number of imide groups is 1. The molecule has 1 heterocycles. The molecule has 0 saturated carbocycles. The van der Waals surface area contributed by atoms with Gasteiger partial charge in [-0.2, -0.15) is 5.26 Å². The zero-order valence-corrected chi connectivity index (χ0v) is 14.7. The first kappa shape index (κ1) is 17.5. The minimum absolute atomic E-state index is 0.0654. The van der Waals surface area contributed by atoms with E-state index in [9.17, 15) is 14.9 Å². The summed E-state index contributed by atoms with van der Waals surface area (Å²) >= 11 is 0. The molecule has 1 atom stereocenters. The third-order valence-corrected chi connectivity index (χ3v) is 4.55. The summed E-state index contributed by atoms with van der Waals surface area (Å²) in [7, 11) is 1.57. The number of nitriles is 1. The molecule has 0 radical (unpaired) electrons. The number of nitrogens with zero attached hydrogens (tertiary/aromatic N) is 2. The normalized spacial score (nSPS) is 19.2. The van der Waals surface area contributed by atoms with Crippen molar-refractivity contribution in [3.05, 3.63) is 65.2 Å². The van der Waals surface area contributed by atoms with Crippen LogP contribution in [0.2, 0.25) is 0 Å². The standard InChI is InChI=1S/C20H19N3O3/c1-20(11-14-7-5-6-10-17(14)26-2)18(24)23(19(25)22-20)13-16-9-4-3-8-15(16)12-21/h3-10H,11,13H2,1-2H3,(H,22,25)/t20-/m0/s1. The second-order valence-electron chi connectivity index (χ2n) is 6.41. The first-order chi connectivity index (χ1) is 12.5. The van der Waals surface area contributed by atoms with Crippen molar-refractivity contribution in [3.8, 4) is 11.8 Å². The molecule has 0 spiro atoms. The predicted molar refractivity (Wildman–Crippen MR) is 95.3 cm³/mol. The molecule has 1 aliphatic rings. The lowest BCUT2D eigenvalue weighted by molar-refractivity contribution is -0.131. The molecule has 6 heteroatoms. The summed E-state index contributed by atoms with van der Waals surface area (Å²) in [5.74, 6) is 0.352. The number of hydrogen-bond acceptors (Lipinski definition) is 4. The number of carbonyl (C=O) groups excluding carboxylic acids is 2. The highest BCUT2D eigenvalue weighted by molar-refractivity contribution is 6.07. The SMILES string of the molecule is COc1ccccc1C[C@]1(C)NC(=O)N(Cc2ccccc2C#N)C1=O. The van der Waals surface area contributed by atoms with E-state index in [2.05, 4.69) is 11.4 Å². The molecule has 0 aromatic heterocycles. The van der Waals surface area contributed by atoms with Crippen molar-refractivity contribution in [2.45, 2.75) is 25.4 Å². The van der Waals surface area contributed by atoms with Crippen LogP contribution in [-0.2, 0) is 17.8 Å². The number of urea groups is 1. The number of para-hydroxylation sites is 1. The Morgan fingerprint density at radius 2 is 1.77 bits per heavy atom. The molecule has 0 bridgehead atoms. The fourth-order valence-corrected chi connectivity index (χ4v) is 3.18. The Morgan fingerprint density at radius 1 is 1.12 bits per heavy atom. The number of amides is 3. The quantitative estimate of drug-likeness (QED) is 0.841. The highest BCUT2D eigenvalue weighted by Crippen LogP contribution is 2.28. The van der Waals surface area contributed by atoms with Crippen molar-refractivity contribution in [2.24, 2.45) is 0 Å². The van der Waals surface area contributed by atoms with Crippen molar-refractivity contribution < 1.29 is 14.3 Å². The Balaban J connectivity index is 1.85. The van der Waals surface area contributed by atoms with Crippen LogP contribution in [0.1, 0.15) is 23.6 Å². The Hall–Kier alpha value is -3.33. The maximum absolute atomic E-state index is 13.0. The van der Waals surface area contributed by atoms with Gasteiger partial charge in [-0.05, 0) is 30.2 Å². The van der Waals surface area contributed by atoms with Crippen molar-refractivity contribution in [3.63, 3.8) is 0 Å². The fourth-order valence-electron chi connectivity index (χ4n) is 3.18. The molecule has 1 saturated heterocycles. The van der Waals surface area contributed by atoms with Crippen LogP contribution in [0.15, 0.2) is 48.5 Å². The maximum atomic E-state index is 13.0. The van der Waals surface area contributed by atoms with E-state index in [-0.39, 0.29) is 12.5 Å². The maximum Gasteiger partial charge on any atom is 0.325 e. The highest BCUT2D eigenvalue weighted by Gasteiger charge is 2.48. The molecule has 0 unspecified atom stereocenters. The minimum Gasteiger partial charge on any atom is -0.496 e. The average molecular weight is 349 g/mol. The molecule has 3 amide bonds.